The SMILES string of the molecule is CC[C@H]1O[C@@H]2OCCO[C@@H]2[C@H]1OCc1ccccc1F. The minimum atomic E-state index is -0.362. The second-order valence-corrected chi connectivity index (χ2v) is 5.02. The molecule has 4 atom stereocenters. The molecule has 1 aromatic rings. The van der Waals surface area contributed by atoms with Crippen LogP contribution in [0.2, 0.25) is 0 Å². The van der Waals surface area contributed by atoms with Gasteiger partial charge in [0.1, 0.15) is 18.0 Å². The largest absolute Gasteiger partial charge is 0.368 e. The summed E-state index contributed by atoms with van der Waals surface area (Å²) in [7, 11) is 0. The molecular formula is C15H19FO4. The van der Waals surface area contributed by atoms with Crippen LogP contribution in [0, 0.1) is 5.82 Å². The van der Waals surface area contributed by atoms with E-state index in [9.17, 15) is 4.39 Å². The van der Waals surface area contributed by atoms with Gasteiger partial charge in [0.15, 0.2) is 6.29 Å². The van der Waals surface area contributed by atoms with E-state index in [0.717, 1.165) is 6.42 Å². The first-order valence-corrected chi connectivity index (χ1v) is 7.03. The lowest BCUT2D eigenvalue weighted by Gasteiger charge is -2.28. The van der Waals surface area contributed by atoms with E-state index < -0.39 is 0 Å². The van der Waals surface area contributed by atoms with E-state index >= 15 is 0 Å². The van der Waals surface area contributed by atoms with Gasteiger partial charge in [-0.1, -0.05) is 25.1 Å². The summed E-state index contributed by atoms with van der Waals surface area (Å²) >= 11 is 0. The van der Waals surface area contributed by atoms with E-state index in [1.54, 1.807) is 18.2 Å². The van der Waals surface area contributed by atoms with E-state index in [-0.39, 0.29) is 37.0 Å². The number of hydrogen-bond acceptors (Lipinski definition) is 4. The smallest absolute Gasteiger partial charge is 0.186 e. The normalized spacial score (nSPS) is 33.1. The predicted octanol–water partition coefficient (Wildman–Crippen LogP) is 2.26. The molecule has 20 heavy (non-hydrogen) atoms. The molecule has 1 aromatic carbocycles. The Balaban J connectivity index is 1.67. The third-order valence-electron chi connectivity index (χ3n) is 3.73. The molecule has 4 nitrogen and oxygen atoms in total. The first kappa shape index (κ1) is 13.9. The minimum absolute atomic E-state index is 0.0742. The number of halogens is 1. The first-order chi connectivity index (χ1) is 9.79. The second kappa shape index (κ2) is 6.18. The van der Waals surface area contributed by atoms with Gasteiger partial charge in [-0.3, -0.25) is 0 Å². The Morgan fingerprint density at radius 1 is 1.25 bits per heavy atom. The zero-order chi connectivity index (χ0) is 13.9. The zero-order valence-electron chi connectivity index (χ0n) is 11.5. The number of hydrogen-bond donors (Lipinski definition) is 0. The van der Waals surface area contributed by atoms with Crippen LogP contribution in [0.15, 0.2) is 24.3 Å². The summed E-state index contributed by atoms with van der Waals surface area (Å²) in [6.07, 6.45) is -0.0682. The van der Waals surface area contributed by atoms with E-state index in [1.165, 1.54) is 6.07 Å². The third-order valence-corrected chi connectivity index (χ3v) is 3.73. The van der Waals surface area contributed by atoms with Crippen molar-refractivity contribution in [3.05, 3.63) is 35.6 Å². The van der Waals surface area contributed by atoms with Gasteiger partial charge in [0.05, 0.1) is 25.9 Å². The van der Waals surface area contributed by atoms with Crippen molar-refractivity contribution in [3.8, 4) is 0 Å². The fourth-order valence-electron chi connectivity index (χ4n) is 2.68. The van der Waals surface area contributed by atoms with Gasteiger partial charge in [-0.05, 0) is 12.5 Å². The molecule has 2 aliphatic rings. The topological polar surface area (TPSA) is 36.9 Å². The van der Waals surface area contributed by atoms with Crippen molar-refractivity contribution in [2.24, 2.45) is 0 Å². The molecule has 0 radical (unpaired) electrons. The van der Waals surface area contributed by atoms with Crippen molar-refractivity contribution in [2.45, 2.75) is 44.6 Å². The Morgan fingerprint density at radius 2 is 2.05 bits per heavy atom. The highest BCUT2D eigenvalue weighted by Gasteiger charge is 2.47. The molecule has 2 fully saturated rings. The Bertz CT molecular complexity index is 453. The van der Waals surface area contributed by atoms with Gasteiger partial charge in [0.2, 0.25) is 0 Å². The Morgan fingerprint density at radius 3 is 2.85 bits per heavy atom. The van der Waals surface area contributed by atoms with Crippen LogP contribution in [-0.2, 0) is 25.6 Å². The van der Waals surface area contributed by atoms with E-state index in [2.05, 4.69) is 0 Å². The summed E-state index contributed by atoms with van der Waals surface area (Å²) in [5, 5.41) is 0. The molecule has 0 aromatic heterocycles. The van der Waals surface area contributed by atoms with Crippen LogP contribution in [-0.4, -0.2) is 37.8 Å². The summed E-state index contributed by atoms with van der Waals surface area (Å²) in [5.74, 6) is -0.253. The lowest BCUT2D eigenvalue weighted by atomic mass is 10.1. The average Bonchev–Trinajstić information content (AvgIpc) is 2.84. The van der Waals surface area contributed by atoms with Gasteiger partial charge in [-0.15, -0.1) is 0 Å². The zero-order valence-corrected chi connectivity index (χ0v) is 11.5. The van der Waals surface area contributed by atoms with Gasteiger partial charge in [-0.2, -0.15) is 0 Å². The summed E-state index contributed by atoms with van der Waals surface area (Å²) in [5.41, 5.74) is 0.544. The summed E-state index contributed by atoms with van der Waals surface area (Å²) in [6.45, 7) is 3.32. The van der Waals surface area contributed by atoms with Crippen molar-refractivity contribution in [1.29, 1.82) is 0 Å². The van der Waals surface area contributed by atoms with Crippen molar-refractivity contribution < 1.29 is 23.3 Å². The molecule has 0 aliphatic carbocycles. The van der Waals surface area contributed by atoms with Crippen LogP contribution in [0.3, 0.4) is 0 Å². The van der Waals surface area contributed by atoms with Gasteiger partial charge in [0.25, 0.3) is 0 Å². The maximum atomic E-state index is 13.6. The first-order valence-electron chi connectivity index (χ1n) is 7.03. The molecule has 110 valence electrons. The van der Waals surface area contributed by atoms with Crippen LogP contribution in [0.4, 0.5) is 4.39 Å². The third kappa shape index (κ3) is 2.72. The molecule has 0 saturated carbocycles. The minimum Gasteiger partial charge on any atom is -0.368 e. The highest BCUT2D eigenvalue weighted by atomic mass is 19.1. The van der Waals surface area contributed by atoms with Crippen LogP contribution in [0.1, 0.15) is 18.9 Å². The molecule has 2 saturated heterocycles. The molecular weight excluding hydrogens is 263 g/mol. The van der Waals surface area contributed by atoms with Crippen LogP contribution < -0.4 is 0 Å². The van der Waals surface area contributed by atoms with Gasteiger partial charge in [0, 0.05) is 5.56 Å². The number of benzene rings is 1. The second-order valence-electron chi connectivity index (χ2n) is 5.02. The summed E-state index contributed by atoms with van der Waals surface area (Å²) in [4.78, 5) is 0. The van der Waals surface area contributed by atoms with Crippen LogP contribution >= 0.6 is 0 Å². The van der Waals surface area contributed by atoms with Crippen molar-refractivity contribution >= 4 is 0 Å². The Hall–Kier alpha value is -1.01. The summed E-state index contributed by atoms with van der Waals surface area (Å²) < 4.78 is 36.5. The molecule has 0 amide bonds. The van der Waals surface area contributed by atoms with Crippen molar-refractivity contribution in [1.82, 2.24) is 0 Å². The fourth-order valence-corrected chi connectivity index (χ4v) is 2.68. The predicted molar refractivity (Wildman–Crippen MR) is 69.6 cm³/mol. The lowest BCUT2D eigenvalue weighted by Crippen LogP contribution is -2.42. The highest BCUT2D eigenvalue weighted by Crippen LogP contribution is 2.31. The molecule has 0 bridgehead atoms. The van der Waals surface area contributed by atoms with Gasteiger partial charge >= 0.3 is 0 Å². The monoisotopic (exact) mass is 282 g/mol. The van der Waals surface area contributed by atoms with Gasteiger partial charge < -0.3 is 18.9 Å². The van der Waals surface area contributed by atoms with Crippen molar-refractivity contribution in [2.75, 3.05) is 13.2 Å². The lowest BCUT2D eigenvalue weighted by molar-refractivity contribution is -0.222. The maximum Gasteiger partial charge on any atom is 0.186 e. The van der Waals surface area contributed by atoms with E-state index in [1.807, 2.05) is 6.92 Å². The van der Waals surface area contributed by atoms with Gasteiger partial charge in [-0.25, -0.2) is 4.39 Å². The molecule has 5 heteroatoms. The highest BCUT2D eigenvalue weighted by molar-refractivity contribution is 5.16. The van der Waals surface area contributed by atoms with E-state index in [4.69, 9.17) is 18.9 Å². The molecule has 2 heterocycles. The maximum absolute atomic E-state index is 13.6. The molecule has 0 unspecified atom stereocenters. The standard InChI is InChI=1S/C15H19FO4/c1-2-12-13(14-15(20-12)18-8-7-17-14)19-9-10-5-3-4-6-11(10)16/h3-6,12-15H,2,7-9H2,1H3/t12-,13+,14-,15+/m1/s1. The molecule has 2 aliphatic heterocycles. The Labute approximate surface area is 117 Å². The quantitative estimate of drug-likeness (QED) is 0.849. The van der Waals surface area contributed by atoms with Crippen molar-refractivity contribution in [3.63, 3.8) is 0 Å². The molecule has 0 spiro atoms. The van der Waals surface area contributed by atoms with Crippen LogP contribution in [0.5, 0.6) is 0 Å². The number of ether oxygens (including phenoxy) is 4. The fraction of sp³-hybridized carbons (Fsp3) is 0.600. The van der Waals surface area contributed by atoms with Crippen LogP contribution in [0.25, 0.3) is 0 Å². The number of fused-ring (bicyclic) bond motifs is 1. The molecule has 3 rings (SSSR count). The summed E-state index contributed by atoms with van der Waals surface area (Å²) in [6, 6.07) is 6.62. The Kier molecular flexibility index (Phi) is 4.31. The number of rotatable bonds is 4. The average molecular weight is 282 g/mol. The molecule has 0 N–H and O–H groups in total. The van der Waals surface area contributed by atoms with E-state index in [0.29, 0.717) is 18.8 Å².